The van der Waals surface area contributed by atoms with Crippen molar-refractivity contribution in [1.82, 2.24) is 0 Å². The average molecular weight is 292 g/mol. The SMILES string of the molecule is CCC1(C)Oc2cc(C)c(O)c(C)c2CC1C(C)C(=O)O. The second-order valence-electron chi connectivity index (χ2n) is 6.35. The van der Waals surface area contributed by atoms with E-state index in [1.54, 1.807) is 6.92 Å². The summed E-state index contributed by atoms with van der Waals surface area (Å²) in [4.78, 5) is 11.4. The number of phenolic OH excluding ortho intramolecular Hbond substituents is 1. The van der Waals surface area contributed by atoms with Gasteiger partial charge in [-0.15, -0.1) is 0 Å². The first-order chi connectivity index (χ1) is 9.71. The Morgan fingerprint density at radius 1 is 1.52 bits per heavy atom. The van der Waals surface area contributed by atoms with Gasteiger partial charge in [0.1, 0.15) is 17.1 Å². The molecule has 0 aliphatic carbocycles. The van der Waals surface area contributed by atoms with Crippen molar-refractivity contribution in [2.75, 3.05) is 0 Å². The van der Waals surface area contributed by atoms with Crippen molar-refractivity contribution in [3.63, 3.8) is 0 Å². The Kier molecular flexibility index (Phi) is 3.91. The third kappa shape index (κ3) is 2.47. The number of aliphatic carboxylic acids is 1. The molecule has 1 aromatic carbocycles. The van der Waals surface area contributed by atoms with Gasteiger partial charge in [-0.05, 0) is 50.8 Å². The monoisotopic (exact) mass is 292 g/mol. The van der Waals surface area contributed by atoms with Crippen LogP contribution in [0.25, 0.3) is 0 Å². The van der Waals surface area contributed by atoms with Crippen LogP contribution < -0.4 is 4.74 Å². The van der Waals surface area contributed by atoms with Crippen LogP contribution in [0.2, 0.25) is 0 Å². The summed E-state index contributed by atoms with van der Waals surface area (Å²) in [6, 6.07) is 1.85. The number of aryl methyl sites for hydroxylation is 1. The first-order valence-corrected chi connectivity index (χ1v) is 7.45. The maximum absolute atomic E-state index is 11.4. The third-order valence-electron chi connectivity index (χ3n) is 5.07. The normalized spacial score (nSPS) is 25.9. The number of carboxylic acid groups (broad SMARTS) is 1. The number of benzene rings is 1. The molecule has 21 heavy (non-hydrogen) atoms. The molecule has 4 heteroatoms. The summed E-state index contributed by atoms with van der Waals surface area (Å²) in [5.41, 5.74) is 2.02. The van der Waals surface area contributed by atoms with Gasteiger partial charge in [0.05, 0.1) is 5.92 Å². The molecule has 0 bridgehead atoms. The molecule has 3 unspecified atom stereocenters. The van der Waals surface area contributed by atoms with Crippen LogP contribution in [0.1, 0.15) is 43.9 Å². The predicted octanol–water partition coefficient (Wildman–Crippen LogP) is 3.45. The number of carboxylic acids is 1. The molecule has 1 aliphatic rings. The Hall–Kier alpha value is -1.71. The molecule has 3 atom stereocenters. The lowest BCUT2D eigenvalue weighted by molar-refractivity contribution is -0.147. The van der Waals surface area contributed by atoms with Gasteiger partial charge in [-0.2, -0.15) is 0 Å². The topological polar surface area (TPSA) is 66.8 Å². The fourth-order valence-electron chi connectivity index (χ4n) is 3.30. The number of hydrogen-bond acceptors (Lipinski definition) is 3. The van der Waals surface area contributed by atoms with Crippen LogP contribution in [0.3, 0.4) is 0 Å². The molecular formula is C17H24O4. The lowest BCUT2D eigenvalue weighted by Crippen LogP contribution is -2.49. The predicted molar refractivity (Wildman–Crippen MR) is 80.9 cm³/mol. The molecule has 0 saturated carbocycles. The largest absolute Gasteiger partial charge is 0.507 e. The quantitative estimate of drug-likeness (QED) is 0.895. The molecule has 0 radical (unpaired) electrons. The molecule has 0 amide bonds. The van der Waals surface area contributed by atoms with E-state index in [1.165, 1.54) is 0 Å². The number of fused-ring (bicyclic) bond motifs is 1. The standard InChI is InChI=1S/C17H24O4/c1-6-17(5)13(11(4)16(19)20)8-12-10(3)15(18)9(2)7-14(12)21-17/h7,11,13,18H,6,8H2,1-5H3,(H,19,20). The van der Waals surface area contributed by atoms with Crippen LogP contribution in [0.5, 0.6) is 11.5 Å². The fraction of sp³-hybridized carbons (Fsp3) is 0.588. The molecule has 1 aliphatic heterocycles. The smallest absolute Gasteiger partial charge is 0.306 e. The maximum atomic E-state index is 11.4. The van der Waals surface area contributed by atoms with Crippen LogP contribution >= 0.6 is 0 Å². The number of ether oxygens (including phenoxy) is 1. The Morgan fingerprint density at radius 2 is 2.14 bits per heavy atom. The second kappa shape index (κ2) is 5.24. The Balaban J connectivity index is 2.54. The first kappa shape index (κ1) is 15.7. The Labute approximate surface area is 125 Å². The van der Waals surface area contributed by atoms with E-state index in [2.05, 4.69) is 0 Å². The molecule has 2 N–H and O–H groups in total. The van der Waals surface area contributed by atoms with Crippen LogP contribution in [-0.2, 0) is 11.2 Å². The summed E-state index contributed by atoms with van der Waals surface area (Å²) in [6.07, 6.45) is 1.36. The van der Waals surface area contributed by atoms with Crippen LogP contribution in [0.15, 0.2) is 6.07 Å². The van der Waals surface area contributed by atoms with E-state index in [-0.39, 0.29) is 11.7 Å². The third-order valence-corrected chi connectivity index (χ3v) is 5.07. The van der Waals surface area contributed by atoms with Gasteiger partial charge in [-0.1, -0.05) is 13.8 Å². The number of hydrogen-bond donors (Lipinski definition) is 2. The lowest BCUT2D eigenvalue weighted by Gasteiger charge is -2.44. The number of rotatable bonds is 3. The van der Waals surface area contributed by atoms with Crippen molar-refractivity contribution in [1.29, 1.82) is 0 Å². The molecule has 0 fully saturated rings. The second-order valence-corrected chi connectivity index (χ2v) is 6.35. The molecular weight excluding hydrogens is 268 g/mol. The van der Waals surface area contributed by atoms with Crippen LogP contribution in [0.4, 0.5) is 0 Å². The summed E-state index contributed by atoms with van der Waals surface area (Å²) in [6.45, 7) is 9.45. The minimum Gasteiger partial charge on any atom is -0.507 e. The molecule has 2 rings (SSSR count). The number of carbonyl (C=O) groups is 1. The molecule has 0 saturated heterocycles. The van der Waals surface area contributed by atoms with Gasteiger partial charge >= 0.3 is 5.97 Å². The number of phenols is 1. The molecule has 4 nitrogen and oxygen atoms in total. The van der Waals surface area contributed by atoms with Gasteiger partial charge in [0.15, 0.2) is 0 Å². The summed E-state index contributed by atoms with van der Waals surface area (Å²) >= 11 is 0. The van der Waals surface area contributed by atoms with Gasteiger partial charge in [0.25, 0.3) is 0 Å². The zero-order valence-corrected chi connectivity index (χ0v) is 13.4. The van der Waals surface area contributed by atoms with Gasteiger partial charge in [0, 0.05) is 11.5 Å². The van der Waals surface area contributed by atoms with Gasteiger partial charge < -0.3 is 14.9 Å². The molecule has 116 valence electrons. The van der Waals surface area contributed by atoms with Gasteiger partial charge in [-0.25, -0.2) is 0 Å². The van der Waals surface area contributed by atoms with E-state index in [1.807, 2.05) is 33.8 Å². The highest BCUT2D eigenvalue weighted by atomic mass is 16.5. The van der Waals surface area contributed by atoms with E-state index in [0.717, 1.165) is 28.9 Å². The van der Waals surface area contributed by atoms with E-state index in [0.29, 0.717) is 6.42 Å². The molecule has 1 aromatic rings. The van der Waals surface area contributed by atoms with Gasteiger partial charge in [-0.3, -0.25) is 4.79 Å². The number of aromatic hydroxyl groups is 1. The lowest BCUT2D eigenvalue weighted by atomic mass is 9.72. The Bertz CT molecular complexity index is 579. The minimum atomic E-state index is -0.805. The van der Waals surface area contributed by atoms with E-state index in [9.17, 15) is 15.0 Å². The average Bonchev–Trinajstić information content (AvgIpc) is 2.43. The molecule has 1 heterocycles. The van der Waals surface area contributed by atoms with E-state index in [4.69, 9.17) is 4.74 Å². The van der Waals surface area contributed by atoms with Crippen molar-refractivity contribution < 1.29 is 19.7 Å². The highest BCUT2D eigenvalue weighted by Gasteiger charge is 2.45. The van der Waals surface area contributed by atoms with Crippen molar-refractivity contribution in [2.45, 2.75) is 53.1 Å². The van der Waals surface area contributed by atoms with Crippen molar-refractivity contribution in [3.05, 3.63) is 22.8 Å². The summed E-state index contributed by atoms with van der Waals surface area (Å²) in [5, 5.41) is 19.5. The maximum Gasteiger partial charge on any atom is 0.306 e. The van der Waals surface area contributed by atoms with E-state index >= 15 is 0 Å². The zero-order valence-electron chi connectivity index (χ0n) is 13.4. The molecule has 0 spiro atoms. The van der Waals surface area contributed by atoms with Gasteiger partial charge in [0.2, 0.25) is 0 Å². The van der Waals surface area contributed by atoms with Crippen molar-refractivity contribution in [3.8, 4) is 11.5 Å². The zero-order chi connectivity index (χ0) is 15.9. The van der Waals surface area contributed by atoms with Crippen LogP contribution in [0, 0.1) is 25.7 Å². The van der Waals surface area contributed by atoms with Crippen LogP contribution in [-0.4, -0.2) is 21.8 Å². The molecule has 0 aromatic heterocycles. The summed E-state index contributed by atoms with van der Waals surface area (Å²) in [7, 11) is 0. The highest BCUT2D eigenvalue weighted by molar-refractivity contribution is 5.70. The summed E-state index contributed by atoms with van der Waals surface area (Å²) < 4.78 is 6.19. The Morgan fingerprint density at radius 3 is 2.67 bits per heavy atom. The van der Waals surface area contributed by atoms with Crippen molar-refractivity contribution >= 4 is 5.97 Å². The minimum absolute atomic E-state index is 0.117. The van der Waals surface area contributed by atoms with E-state index < -0.39 is 17.5 Å². The van der Waals surface area contributed by atoms with Crippen molar-refractivity contribution in [2.24, 2.45) is 11.8 Å². The summed E-state index contributed by atoms with van der Waals surface area (Å²) in [5.74, 6) is -0.361. The highest BCUT2D eigenvalue weighted by Crippen LogP contribution is 2.46. The first-order valence-electron chi connectivity index (χ1n) is 7.45. The fourth-order valence-corrected chi connectivity index (χ4v) is 3.30.